The molecule has 1 unspecified atom stereocenters. The number of hydrogen-bond acceptors (Lipinski definition) is 5. The van der Waals surface area contributed by atoms with Crippen LogP contribution < -0.4 is 10.6 Å². The number of benzene rings is 1. The van der Waals surface area contributed by atoms with E-state index in [1.807, 2.05) is 0 Å². The number of hydrogen-bond donors (Lipinski definition) is 2. The number of amides is 1. The molecule has 0 aliphatic carbocycles. The van der Waals surface area contributed by atoms with Gasteiger partial charge in [-0.3, -0.25) is 19.9 Å². The minimum atomic E-state index is -0.896. The number of methoxy groups -OCH3 is 1. The molecule has 2 rings (SSSR count). The number of carbonyl (C=O) groups excluding carboxylic acids is 2. The summed E-state index contributed by atoms with van der Waals surface area (Å²) in [5.74, 6) is -0.800. The first kappa shape index (κ1) is 21.4. The number of esters is 1. The number of nitrogens with zero attached hydrogens (tertiary/aromatic N) is 1. The summed E-state index contributed by atoms with van der Waals surface area (Å²) >= 11 is 17.9. The fraction of sp³-hybridized carbons (Fsp3) is 0.278. The Morgan fingerprint density at radius 2 is 1.85 bits per heavy atom. The maximum atomic E-state index is 12.3. The van der Waals surface area contributed by atoms with Gasteiger partial charge < -0.3 is 10.1 Å². The summed E-state index contributed by atoms with van der Waals surface area (Å²) in [5, 5.41) is 6.55. The molecule has 1 aromatic heterocycles. The van der Waals surface area contributed by atoms with E-state index in [0.29, 0.717) is 16.4 Å². The predicted octanol–water partition coefficient (Wildman–Crippen LogP) is 4.05. The maximum Gasteiger partial charge on any atom is 0.307 e. The van der Waals surface area contributed by atoms with Crippen LogP contribution in [-0.4, -0.2) is 30.5 Å². The van der Waals surface area contributed by atoms with Gasteiger partial charge in [-0.25, -0.2) is 0 Å². The van der Waals surface area contributed by atoms with Gasteiger partial charge in [-0.1, -0.05) is 40.9 Å². The van der Waals surface area contributed by atoms with Crippen molar-refractivity contribution in [2.75, 3.05) is 19.0 Å². The Morgan fingerprint density at radius 1 is 1.15 bits per heavy atom. The van der Waals surface area contributed by atoms with Gasteiger partial charge in [0.1, 0.15) is 0 Å². The lowest BCUT2D eigenvalue weighted by atomic mass is 9.92. The van der Waals surface area contributed by atoms with Gasteiger partial charge in [-0.15, -0.1) is 0 Å². The highest BCUT2D eigenvalue weighted by Crippen LogP contribution is 2.32. The Morgan fingerprint density at radius 3 is 2.48 bits per heavy atom. The number of ether oxygens (including phenoxy) is 1. The van der Waals surface area contributed by atoms with Crippen LogP contribution in [0, 0.1) is 0 Å². The lowest BCUT2D eigenvalue weighted by Gasteiger charge is -2.29. The van der Waals surface area contributed by atoms with Gasteiger partial charge >= 0.3 is 5.97 Å². The monoisotopic (exact) mass is 429 g/mol. The third-order valence-electron chi connectivity index (χ3n) is 3.88. The van der Waals surface area contributed by atoms with Crippen molar-refractivity contribution in [3.63, 3.8) is 0 Å². The molecule has 0 aliphatic heterocycles. The van der Waals surface area contributed by atoms with Crippen molar-refractivity contribution < 1.29 is 14.3 Å². The van der Waals surface area contributed by atoms with E-state index in [1.54, 1.807) is 31.3 Å². The zero-order chi connectivity index (χ0) is 20.0. The van der Waals surface area contributed by atoms with E-state index in [4.69, 9.17) is 39.5 Å². The van der Waals surface area contributed by atoms with Crippen LogP contribution in [0.15, 0.2) is 36.5 Å². The molecule has 6 nitrogen and oxygen atoms in total. The molecule has 0 aliphatic rings. The lowest BCUT2D eigenvalue weighted by Crippen LogP contribution is -2.45. The van der Waals surface area contributed by atoms with Crippen LogP contribution >= 0.6 is 34.8 Å². The summed E-state index contributed by atoms with van der Waals surface area (Å²) in [5.41, 5.74) is 0.0498. The van der Waals surface area contributed by atoms with E-state index in [2.05, 4.69) is 15.6 Å². The van der Waals surface area contributed by atoms with E-state index in [0.717, 1.165) is 0 Å². The van der Waals surface area contributed by atoms with Crippen LogP contribution in [0.2, 0.25) is 15.1 Å². The smallest absolute Gasteiger partial charge is 0.307 e. The summed E-state index contributed by atoms with van der Waals surface area (Å²) in [4.78, 5) is 28.4. The van der Waals surface area contributed by atoms with Crippen LogP contribution in [0.1, 0.15) is 19.0 Å². The van der Waals surface area contributed by atoms with Gasteiger partial charge in [0, 0.05) is 6.20 Å². The first-order valence-corrected chi connectivity index (χ1v) is 9.06. The van der Waals surface area contributed by atoms with Gasteiger partial charge in [0.25, 0.3) is 0 Å². The van der Waals surface area contributed by atoms with Gasteiger partial charge in [0.05, 0.1) is 52.1 Å². The molecule has 0 spiro atoms. The number of carbonyl (C=O) groups is 2. The van der Waals surface area contributed by atoms with Crippen molar-refractivity contribution in [1.29, 1.82) is 0 Å². The molecule has 1 amide bonds. The topological polar surface area (TPSA) is 80.3 Å². The molecule has 1 atom stereocenters. The van der Waals surface area contributed by atoms with E-state index in [9.17, 15) is 9.59 Å². The van der Waals surface area contributed by atoms with Crippen molar-refractivity contribution in [3.8, 4) is 0 Å². The number of halogens is 3. The van der Waals surface area contributed by atoms with Crippen LogP contribution in [0.4, 0.5) is 5.69 Å². The highest BCUT2D eigenvalue weighted by molar-refractivity contribution is 6.44. The van der Waals surface area contributed by atoms with Crippen LogP contribution in [0.5, 0.6) is 0 Å². The second kappa shape index (κ2) is 9.37. The first-order valence-electron chi connectivity index (χ1n) is 7.93. The van der Waals surface area contributed by atoms with Crippen molar-refractivity contribution >= 4 is 52.4 Å². The molecule has 0 radical (unpaired) electrons. The van der Waals surface area contributed by atoms with Crippen molar-refractivity contribution in [3.05, 3.63) is 57.3 Å². The molecular formula is C18H18Cl3N3O3. The van der Waals surface area contributed by atoms with E-state index < -0.39 is 11.5 Å². The Labute approximate surface area is 172 Å². The molecule has 1 aromatic carbocycles. The second-order valence-electron chi connectivity index (χ2n) is 5.95. The average molecular weight is 431 g/mol. The summed E-state index contributed by atoms with van der Waals surface area (Å²) in [6.45, 7) is 1.67. The largest absolute Gasteiger partial charge is 0.469 e. The Kier molecular flexibility index (Phi) is 7.44. The predicted molar refractivity (Wildman–Crippen MR) is 106 cm³/mol. The first-order chi connectivity index (χ1) is 12.7. The van der Waals surface area contributed by atoms with Gasteiger partial charge in [0.15, 0.2) is 0 Å². The minimum absolute atomic E-state index is 0.00131. The van der Waals surface area contributed by atoms with Gasteiger partial charge in [-0.2, -0.15) is 0 Å². The quantitative estimate of drug-likeness (QED) is 0.512. The molecule has 27 heavy (non-hydrogen) atoms. The Balaban J connectivity index is 2.11. The lowest BCUT2D eigenvalue weighted by molar-refractivity contribution is -0.142. The fourth-order valence-electron chi connectivity index (χ4n) is 2.38. The van der Waals surface area contributed by atoms with E-state index in [-0.39, 0.29) is 28.9 Å². The Bertz CT molecular complexity index is 833. The summed E-state index contributed by atoms with van der Waals surface area (Å²) < 4.78 is 4.76. The summed E-state index contributed by atoms with van der Waals surface area (Å²) in [6, 6.07) is 8.25. The van der Waals surface area contributed by atoms with Crippen molar-refractivity contribution in [2.24, 2.45) is 0 Å². The third kappa shape index (κ3) is 5.81. The molecular weight excluding hydrogens is 413 g/mol. The normalized spacial score (nSPS) is 12.9. The van der Waals surface area contributed by atoms with Crippen molar-refractivity contribution in [1.82, 2.24) is 10.3 Å². The standard InChI is InChI=1S/C18H18Cl3N3O3/c1-18(9-17(26)27-2,15-5-3-4-6-22-15)23-10-16(25)24-14-8-12(20)11(19)7-13(14)21/h3-8,23H,9-10H2,1-2H3,(H,24,25). The molecule has 1 heterocycles. The second-order valence-corrected chi connectivity index (χ2v) is 7.17. The van der Waals surface area contributed by atoms with E-state index in [1.165, 1.54) is 19.2 Å². The summed E-state index contributed by atoms with van der Waals surface area (Å²) in [6.07, 6.45) is 1.61. The van der Waals surface area contributed by atoms with Gasteiger partial charge in [-0.05, 0) is 31.2 Å². The minimum Gasteiger partial charge on any atom is -0.469 e. The zero-order valence-electron chi connectivity index (χ0n) is 14.7. The average Bonchev–Trinajstić information content (AvgIpc) is 2.65. The van der Waals surface area contributed by atoms with E-state index >= 15 is 0 Å². The maximum absolute atomic E-state index is 12.3. The van der Waals surface area contributed by atoms with Crippen LogP contribution in [0.3, 0.4) is 0 Å². The summed E-state index contributed by atoms with van der Waals surface area (Å²) in [7, 11) is 1.31. The number of aromatic nitrogens is 1. The molecule has 9 heteroatoms. The third-order valence-corrected chi connectivity index (χ3v) is 4.91. The van der Waals surface area contributed by atoms with Gasteiger partial charge in [0.2, 0.25) is 5.91 Å². The molecule has 2 N–H and O–H groups in total. The molecule has 0 saturated carbocycles. The molecule has 2 aromatic rings. The molecule has 0 saturated heterocycles. The number of nitrogens with one attached hydrogen (secondary N) is 2. The molecule has 144 valence electrons. The SMILES string of the molecule is COC(=O)CC(C)(NCC(=O)Nc1cc(Cl)c(Cl)cc1Cl)c1ccccn1. The van der Waals surface area contributed by atoms with Crippen LogP contribution in [0.25, 0.3) is 0 Å². The fourth-order valence-corrected chi connectivity index (χ4v) is 2.98. The van der Waals surface area contributed by atoms with Crippen molar-refractivity contribution in [2.45, 2.75) is 18.9 Å². The van der Waals surface area contributed by atoms with Crippen LogP contribution in [-0.2, 0) is 19.9 Å². The highest BCUT2D eigenvalue weighted by atomic mass is 35.5. The molecule has 0 bridgehead atoms. The number of pyridine rings is 1. The molecule has 0 fully saturated rings. The Hall–Kier alpha value is -1.86. The number of anilines is 1. The zero-order valence-corrected chi connectivity index (χ0v) is 17.0. The highest BCUT2D eigenvalue weighted by Gasteiger charge is 2.31. The number of rotatable bonds is 7.